The molecule has 0 bridgehead atoms. The van der Waals surface area contributed by atoms with Gasteiger partial charge in [-0.05, 0) is 32.7 Å². The topological polar surface area (TPSA) is 50.4 Å². The Balaban J connectivity index is 2.15. The zero-order valence-corrected chi connectivity index (χ0v) is 12.6. The van der Waals surface area contributed by atoms with Crippen LogP contribution in [0.25, 0.3) is 0 Å². The van der Waals surface area contributed by atoms with Gasteiger partial charge in [-0.15, -0.1) is 0 Å². The lowest BCUT2D eigenvalue weighted by molar-refractivity contribution is -0.122. The normalized spacial score (nSPS) is 18.2. The Morgan fingerprint density at radius 2 is 1.95 bits per heavy atom. The van der Waals surface area contributed by atoms with E-state index in [2.05, 4.69) is 17.6 Å². The molecule has 0 heterocycles. The van der Waals surface area contributed by atoms with E-state index in [9.17, 15) is 4.79 Å². The first-order valence-corrected chi connectivity index (χ1v) is 7.76. The second-order valence-corrected chi connectivity index (χ2v) is 5.58. The molecule has 4 heteroatoms. The quantitative estimate of drug-likeness (QED) is 0.632. The number of ether oxygens (including phenoxy) is 1. The van der Waals surface area contributed by atoms with Gasteiger partial charge in [0.1, 0.15) is 0 Å². The standard InChI is InChI=1S/C15H30N2O2/c1-3-11-19-12-7-10-17-14(18)13-15(16-2)8-5-4-6-9-15/h16H,3-13H2,1-2H3,(H,17,18). The van der Waals surface area contributed by atoms with E-state index in [0.29, 0.717) is 6.42 Å². The molecule has 0 aliphatic heterocycles. The summed E-state index contributed by atoms with van der Waals surface area (Å²) in [5.74, 6) is 0.173. The summed E-state index contributed by atoms with van der Waals surface area (Å²) in [5, 5.41) is 6.39. The summed E-state index contributed by atoms with van der Waals surface area (Å²) in [6.07, 6.45) is 8.58. The second kappa shape index (κ2) is 9.32. The highest BCUT2D eigenvalue weighted by Gasteiger charge is 2.32. The summed E-state index contributed by atoms with van der Waals surface area (Å²) < 4.78 is 5.39. The van der Waals surface area contributed by atoms with E-state index in [-0.39, 0.29) is 11.4 Å². The van der Waals surface area contributed by atoms with Gasteiger partial charge in [0.15, 0.2) is 0 Å². The number of carbonyl (C=O) groups excluding carboxylic acids is 1. The van der Waals surface area contributed by atoms with Crippen molar-refractivity contribution < 1.29 is 9.53 Å². The van der Waals surface area contributed by atoms with Crippen LogP contribution in [-0.4, -0.2) is 38.3 Å². The number of nitrogens with one attached hydrogen (secondary N) is 2. The molecule has 1 aliphatic carbocycles. The second-order valence-electron chi connectivity index (χ2n) is 5.58. The van der Waals surface area contributed by atoms with E-state index in [0.717, 1.165) is 45.4 Å². The summed E-state index contributed by atoms with van der Waals surface area (Å²) >= 11 is 0. The molecule has 0 unspecified atom stereocenters. The van der Waals surface area contributed by atoms with E-state index < -0.39 is 0 Å². The number of rotatable bonds is 9. The molecule has 0 aromatic heterocycles. The summed E-state index contributed by atoms with van der Waals surface area (Å²) in [5.41, 5.74) is 0.0427. The van der Waals surface area contributed by atoms with Gasteiger partial charge < -0.3 is 15.4 Å². The third-order valence-corrected chi connectivity index (χ3v) is 3.98. The van der Waals surface area contributed by atoms with Gasteiger partial charge in [-0.3, -0.25) is 4.79 Å². The Morgan fingerprint density at radius 3 is 2.58 bits per heavy atom. The maximum atomic E-state index is 12.0. The molecule has 0 saturated heterocycles. The minimum atomic E-state index is 0.0427. The average molecular weight is 270 g/mol. The zero-order valence-electron chi connectivity index (χ0n) is 12.6. The molecule has 2 N–H and O–H groups in total. The molecular formula is C15H30N2O2. The van der Waals surface area contributed by atoms with Crippen LogP contribution < -0.4 is 10.6 Å². The van der Waals surface area contributed by atoms with Crippen LogP contribution >= 0.6 is 0 Å². The van der Waals surface area contributed by atoms with Crippen molar-refractivity contribution in [2.75, 3.05) is 26.8 Å². The van der Waals surface area contributed by atoms with Crippen LogP contribution in [0, 0.1) is 0 Å². The number of hydrogen-bond acceptors (Lipinski definition) is 3. The summed E-state index contributed by atoms with van der Waals surface area (Å²) in [6.45, 7) is 4.38. The van der Waals surface area contributed by atoms with E-state index >= 15 is 0 Å². The zero-order chi connectivity index (χ0) is 14.0. The van der Waals surface area contributed by atoms with Crippen LogP contribution in [0.15, 0.2) is 0 Å². The van der Waals surface area contributed by atoms with Crippen molar-refractivity contribution in [2.24, 2.45) is 0 Å². The minimum Gasteiger partial charge on any atom is -0.381 e. The van der Waals surface area contributed by atoms with Crippen molar-refractivity contribution in [3.63, 3.8) is 0 Å². The van der Waals surface area contributed by atoms with Crippen molar-refractivity contribution in [1.29, 1.82) is 0 Å². The highest BCUT2D eigenvalue weighted by molar-refractivity contribution is 5.77. The summed E-state index contributed by atoms with van der Waals surface area (Å²) in [7, 11) is 1.98. The molecule has 1 saturated carbocycles. The predicted molar refractivity (Wildman–Crippen MR) is 78.2 cm³/mol. The molecule has 1 fully saturated rings. The average Bonchev–Trinajstić information content (AvgIpc) is 2.43. The number of carbonyl (C=O) groups is 1. The first kappa shape index (κ1) is 16.4. The fourth-order valence-corrected chi connectivity index (χ4v) is 2.76. The molecule has 4 nitrogen and oxygen atoms in total. The molecule has 112 valence electrons. The molecule has 0 spiro atoms. The largest absolute Gasteiger partial charge is 0.381 e. The van der Waals surface area contributed by atoms with Gasteiger partial charge in [-0.2, -0.15) is 0 Å². The Labute approximate surface area is 117 Å². The monoisotopic (exact) mass is 270 g/mol. The van der Waals surface area contributed by atoms with Crippen LogP contribution in [0.1, 0.15) is 58.3 Å². The number of amides is 1. The molecule has 0 aromatic carbocycles. The molecule has 1 amide bonds. The van der Waals surface area contributed by atoms with Gasteiger partial charge in [0, 0.05) is 31.7 Å². The molecule has 0 aromatic rings. The number of hydrogen-bond donors (Lipinski definition) is 2. The van der Waals surface area contributed by atoms with Gasteiger partial charge in [0.25, 0.3) is 0 Å². The Morgan fingerprint density at radius 1 is 1.21 bits per heavy atom. The van der Waals surface area contributed by atoms with Gasteiger partial charge in [0.05, 0.1) is 0 Å². The van der Waals surface area contributed by atoms with Crippen molar-refractivity contribution in [1.82, 2.24) is 10.6 Å². The van der Waals surface area contributed by atoms with Crippen LogP contribution in [-0.2, 0) is 9.53 Å². The fourth-order valence-electron chi connectivity index (χ4n) is 2.76. The third-order valence-electron chi connectivity index (χ3n) is 3.98. The lowest BCUT2D eigenvalue weighted by atomic mass is 9.79. The maximum absolute atomic E-state index is 12.0. The highest BCUT2D eigenvalue weighted by Crippen LogP contribution is 2.30. The van der Waals surface area contributed by atoms with Crippen LogP contribution in [0.3, 0.4) is 0 Å². The van der Waals surface area contributed by atoms with Gasteiger partial charge in [-0.1, -0.05) is 26.2 Å². The maximum Gasteiger partial charge on any atom is 0.221 e. The van der Waals surface area contributed by atoms with Crippen molar-refractivity contribution in [2.45, 2.75) is 63.8 Å². The molecule has 0 atom stereocenters. The SMILES string of the molecule is CCCOCCCNC(=O)CC1(NC)CCCCC1. The molecule has 1 rings (SSSR count). The minimum absolute atomic E-state index is 0.0427. The van der Waals surface area contributed by atoms with Gasteiger partial charge in [0.2, 0.25) is 5.91 Å². The first-order valence-electron chi connectivity index (χ1n) is 7.76. The summed E-state index contributed by atoms with van der Waals surface area (Å²) in [6, 6.07) is 0. The van der Waals surface area contributed by atoms with Gasteiger partial charge >= 0.3 is 0 Å². The third kappa shape index (κ3) is 6.39. The first-order chi connectivity index (χ1) is 9.22. The molecule has 19 heavy (non-hydrogen) atoms. The Kier molecular flexibility index (Phi) is 8.07. The highest BCUT2D eigenvalue weighted by atomic mass is 16.5. The Bertz CT molecular complexity index is 251. The molecule has 1 aliphatic rings. The predicted octanol–water partition coefficient (Wildman–Crippen LogP) is 2.23. The lowest BCUT2D eigenvalue weighted by Crippen LogP contribution is -2.48. The molecule has 0 radical (unpaired) electrons. The fraction of sp³-hybridized carbons (Fsp3) is 0.933. The van der Waals surface area contributed by atoms with E-state index in [1.54, 1.807) is 0 Å². The summed E-state index contributed by atoms with van der Waals surface area (Å²) in [4.78, 5) is 12.0. The Hall–Kier alpha value is -0.610. The van der Waals surface area contributed by atoms with Crippen LogP contribution in [0.5, 0.6) is 0 Å². The van der Waals surface area contributed by atoms with Crippen LogP contribution in [0.2, 0.25) is 0 Å². The van der Waals surface area contributed by atoms with Crippen LogP contribution in [0.4, 0.5) is 0 Å². The van der Waals surface area contributed by atoms with E-state index in [4.69, 9.17) is 4.74 Å². The van der Waals surface area contributed by atoms with Gasteiger partial charge in [-0.25, -0.2) is 0 Å². The van der Waals surface area contributed by atoms with E-state index in [1.165, 1.54) is 19.3 Å². The van der Waals surface area contributed by atoms with E-state index in [1.807, 2.05) is 7.05 Å². The van der Waals surface area contributed by atoms with Crippen molar-refractivity contribution in [3.8, 4) is 0 Å². The smallest absolute Gasteiger partial charge is 0.221 e. The van der Waals surface area contributed by atoms with Crippen molar-refractivity contribution >= 4 is 5.91 Å². The van der Waals surface area contributed by atoms with Crippen molar-refractivity contribution in [3.05, 3.63) is 0 Å². The molecular weight excluding hydrogens is 240 g/mol. The lowest BCUT2D eigenvalue weighted by Gasteiger charge is -2.36.